The molecule has 2 rings (SSSR count). The van der Waals surface area contributed by atoms with Crippen LogP contribution in [-0.2, 0) is 15.0 Å². The maximum absolute atomic E-state index is 12.6. The van der Waals surface area contributed by atoms with E-state index in [0.717, 1.165) is 5.56 Å². The van der Waals surface area contributed by atoms with E-state index in [2.05, 4.69) is 0 Å². The normalized spacial score (nSPS) is 24.4. The minimum atomic E-state index is -0.804. The fraction of sp³-hybridized carbons (Fsp3) is 0.400. The monoisotopic (exact) mass is 256 g/mol. The average molecular weight is 256 g/mol. The number of benzene rings is 1. The zero-order chi connectivity index (χ0) is 14.0. The molecule has 0 bridgehead atoms. The number of amides is 2. The molecule has 2 atom stereocenters. The fourth-order valence-electron chi connectivity index (χ4n) is 2.54. The van der Waals surface area contributed by atoms with Crippen LogP contribution in [0.5, 0.6) is 0 Å². The number of imide groups is 1. The quantitative estimate of drug-likeness (QED) is 0.777. The molecule has 0 aromatic heterocycles. The number of hydrogen-bond acceptors (Lipinski definition) is 3. The minimum absolute atomic E-state index is 0.169. The van der Waals surface area contributed by atoms with Crippen LogP contribution >= 0.6 is 0 Å². The minimum Gasteiger partial charge on any atom is -0.278 e. The molecule has 1 aromatic rings. The second kappa shape index (κ2) is 4.85. The number of nitriles is 1. The molecule has 1 fully saturated rings. The Morgan fingerprint density at radius 1 is 1.37 bits per heavy atom. The Kier molecular flexibility index (Phi) is 3.39. The van der Waals surface area contributed by atoms with Gasteiger partial charge in [-0.25, -0.2) is 0 Å². The summed E-state index contributed by atoms with van der Waals surface area (Å²) in [6, 6.07) is 11.0. The summed E-state index contributed by atoms with van der Waals surface area (Å²) in [7, 11) is 0. The van der Waals surface area contributed by atoms with Crippen LogP contribution in [0.4, 0.5) is 0 Å². The summed E-state index contributed by atoms with van der Waals surface area (Å²) in [6.45, 7) is 3.53. The molecule has 0 saturated carbocycles. The van der Waals surface area contributed by atoms with Gasteiger partial charge in [0.05, 0.1) is 17.9 Å². The van der Waals surface area contributed by atoms with E-state index >= 15 is 0 Å². The predicted molar refractivity (Wildman–Crippen MR) is 70.0 cm³/mol. The van der Waals surface area contributed by atoms with E-state index < -0.39 is 5.41 Å². The summed E-state index contributed by atoms with van der Waals surface area (Å²) in [4.78, 5) is 25.9. The molecule has 1 aliphatic rings. The number of hydrogen-bond donors (Lipinski definition) is 0. The van der Waals surface area contributed by atoms with Crippen LogP contribution in [0.25, 0.3) is 0 Å². The highest BCUT2D eigenvalue weighted by Crippen LogP contribution is 2.37. The van der Waals surface area contributed by atoms with Gasteiger partial charge in [-0.1, -0.05) is 30.3 Å². The van der Waals surface area contributed by atoms with Gasteiger partial charge >= 0.3 is 0 Å². The average Bonchev–Trinajstić information content (AvgIpc) is 2.62. The molecule has 1 saturated heterocycles. The number of carbonyl (C=O) groups excluding carboxylic acids is 2. The van der Waals surface area contributed by atoms with Crippen molar-refractivity contribution in [2.75, 3.05) is 0 Å². The van der Waals surface area contributed by atoms with Gasteiger partial charge in [-0.05, 0) is 19.4 Å². The van der Waals surface area contributed by atoms with E-state index in [-0.39, 0.29) is 30.7 Å². The molecule has 4 heteroatoms. The summed E-state index contributed by atoms with van der Waals surface area (Å²) >= 11 is 0. The second-order valence-corrected chi connectivity index (χ2v) is 5.16. The van der Waals surface area contributed by atoms with Crippen molar-refractivity contribution in [3.05, 3.63) is 35.9 Å². The summed E-state index contributed by atoms with van der Waals surface area (Å²) in [6.07, 6.45) is 0.341. The summed E-state index contributed by atoms with van der Waals surface area (Å²) < 4.78 is 0. The standard InChI is InChI=1S/C15H16N2O2/c1-11(8-9-16)17-13(18)10-15(2,14(17)19)12-6-4-3-5-7-12/h3-7,11H,8,10H2,1-2H3. The van der Waals surface area contributed by atoms with Crippen LogP contribution in [-0.4, -0.2) is 22.8 Å². The second-order valence-electron chi connectivity index (χ2n) is 5.16. The van der Waals surface area contributed by atoms with Gasteiger partial charge in [0.1, 0.15) is 0 Å². The maximum atomic E-state index is 12.6. The fourth-order valence-corrected chi connectivity index (χ4v) is 2.54. The van der Waals surface area contributed by atoms with Crippen LogP contribution in [0.2, 0.25) is 0 Å². The van der Waals surface area contributed by atoms with Gasteiger partial charge in [0.25, 0.3) is 0 Å². The third kappa shape index (κ3) is 2.12. The maximum Gasteiger partial charge on any atom is 0.240 e. The lowest BCUT2D eigenvalue weighted by molar-refractivity contribution is -0.141. The van der Waals surface area contributed by atoms with Gasteiger partial charge in [-0.15, -0.1) is 0 Å². The molecule has 2 amide bonds. The molecular formula is C15H16N2O2. The highest BCUT2D eigenvalue weighted by molar-refractivity contribution is 6.09. The Morgan fingerprint density at radius 2 is 2.00 bits per heavy atom. The molecule has 1 aromatic carbocycles. The number of likely N-dealkylation sites (tertiary alicyclic amines) is 1. The Balaban J connectivity index is 2.35. The third-order valence-electron chi connectivity index (χ3n) is 3.70. The SMILES string of the molecule is CC(CC#N)N1C(=O)CC(C)(c2ccccc2)C1=O. The van der Waals surface area contributed by atoms with Crippen LogP contribution in [0.15, 0.2) is 30.3 Å². The number of carbonyl (C=O) groups is 2. The van der Waals surface area contributed by atoms with E-state index in [9.17, 15) is 9.59 Å². The van der Waals surface area contributed by atoms with Crippen LogP contribution in [0, 0.1) is 11.3 Å². The molecule has 2 unspecified atom stereocenters. The smallest absolute Gasteiger partial charge is 0.240 e. The van der Waals surface area contributed by atoms with E-state index in [0.29, 0.717) is 0 Å². The molecule has 1 aliphatic heterocycles. The first-order chi connectivity index (χ1) is 9.00. The van der Waals surface area contributed by atoms with E-state index in [1.807, 2.05) is 36.4 Å². The number of rotatable bonds is 3. The Morgan fingerprint density at radius 3 is 2.58 bits per heavy atom. The molecule has 98 valence electrons. The predicted octanol–water partition coefficient (Wildman–Crippen LogP) is 2.01. The zero-order valence-corrected chi connectivity index (χ0v) is 11.1. The zero-order valence-electron chi connectivity index (χ0n) is 11.1. The lowest BCUT2D eigenvalue weighted by atomic mass is 9.81. The lowest BCUT2D eigenvalue weighted by Crippen LogP contribution is -2.41. The Hall–Kier alpha value is -2.15. The van der Waals surface area contributed by atoms with E-state index in [1.54, 1.807) is 13.8 Å². The van der Waals surface area contributed by atoms with Gasteiger partial charge in [-0.2, -0.15) is 5.26 Å². The van der Waals surface area contributed by atoms with Crippen molar-refractivity contribution in [2.24, 2.45) is 0 Å². The van der Waals surface area contributed by atoms with Gasteiger partial charge in [0.2, 0.25) is 11.8 Å². The Bertz CT molecular complexity index is 547. The molecule has 1 heterocycles. The van der Waals surface area contributed by atoms with Crippen molar-refractivity contribution in [3.63, 3.8) is 0 Å². The molecular weight excluding hydrogens is 240 g/mol. The molecule has 0 aliphatic carbocycles. The van der Waals surface area contributed by atoms with Gasteiger partial charge in [0, 0.05) is 12.5 Å². The van der Waals surface area contributed by atoms with Gasteiger partial charge < -0.3 is 0 Å². The lowest BCUT2D eigenvalue weighted by Gasteiger charge is -2.25. The van der Waals surface area contributed by atoms with Crippen LogP contribution in [0.3, 0.4) is 0 Å². The van der Waals surface area contributed by atoms with Gasteiger partial charge in [-0.3, -0.25) is 14.5 Å². The highest BCUT2D eigenvalue weighted by atomic mass is 16.2. The molecule has 4 nitrogen and oxygen atoms in total. The van der Waals surface area contributed by atoms with E-state index in [4.69, 9.17) is 5.26 Å². The summed E-state index contributed by atoms with van der Waals surface area (Å²) in [5.41, 5.74) is 0.0437. The van der Waals surface area contributed by atoms with Crippen LogP contribution < -0.4 is 0 Å². The van der Waals surface area contributed by atoms with Crippen molar-refractivity contribution in [1.82, 2.24) is 4.90 Å². The largest absolute Gasteiger partial charge is 0.278 e. The number of nitrogens with zero attached hydrogens (tertiary/aromatic N) is 2. The first-order valence-electron chi connectivity index (χ1n) is 6.29. The Labute approximate surface area is 112 Å². The first-order valence-corrected chi connectivity index (χ1v) is 6.29. The van der Waals surface area contributed by atoms with Crippen molar-refractivity contribution in [3.8, 4) is 6.07 Å². The summed E-state index contributed by atoms with van der Waals surface area (Å²) in [5.74, 6) is -0.398. The van der Waals surface area contributed by atoms with Crippen molar-refractivity contribution in [2.45, 2.75) is 38.1 Å². The van der Waals surface area contributed by atoms with Crippen molar-refractivity contribution < 1.29 is 9.59 Å². The van der Waals surface area contributed by atoms with Crippen LogP contribution in [0.1, 0.15) is 32.3 Å². The molecule has 0 spiro atoms. The molecule has 0 radical (unpaired) electrons. The highest BCUT2D eigenvalue weighted by Gasteiger charge is 2.50. The molecule has 19 heavy (non-hydrogen) atoms. The van der Waals surface area contributed by atoms with Gasteiger partial charge in [0.15, 0.2) is 0 Å². The first kappa shape index (κ1) is 13.3. The third-order valence-corrected chi connectivity index (χ3v) is 3.70. The molecule has 0 N–H and O–H groups in total. The van der Waals surface area contributed by atoms with E-state index in [1.165, 1.54) is 4.90 Å². The van der Waals surface area contributed by atoms with Crippen molar-refractivity contribution in [1.29, 1.82) is 5.26 Å². The topological polar surface area (TPSA) is 61.2 Å². The van der Waals surface area contributed by atoms with Crippen molar-refractivity contribution >= 4 is 11.8 Å². The summed E-state index contributed by atoms with van der Waals surface area (Å²) in [5, 5.41) is 8.72.